The number of amides is 1. The molecule has 0 bridgehead atoms. The van der Waals surface area contributed by atoms with E-state index in [1.807, 2.05) is 48.5 Å². The van der Waals surface area contributed by atoms with E-state index in [9.17, 15) is 4.79 Å². The highest BCUT2D eigenvalue weighted by Crippen LogP contribution is 2.33. The standard InChI is InChI=1S/C18H15N3O2/c22-18-15-7-1-2-8-16(15)20-17(13-5-3-9-19-11-13)21(18)12-14-6-4-10-23-14/h1-11,17,20H,12H2. The van der Waals surface area contributed by atoms with Crippen LogP contribution in [0.4, 0.5) is 5.69 Å². The zero-order chi connectivity index (χ0) is 15.6. The van der Waals surface area contributed by atoms with Gasteiger partial charge in [-0.15, -0.1) is 0 Å². The molecule has 114 valence electrons. The first-order chi connectivity index (χ1) is 11.3. The van der Waals surface area contributed by atoms with Gasteiger partial charge < -0.3 is 14.6 Å². The maximum atomic E-state index is 13.0. The number of anilines is 1. The maximum absolute atomic E-state index is 13.0. The molecule has 23 heavy (non-hydrogen) atoms. The molecule has 0 aliphatic carbocycles. The van der Waals surface area contributed by atoms with Crippen molar-refractivity contribution in [3.63, 3.8) is 0 Å². The van der Waals surface area contributed by atoms with Crippen LogP contribution in [0, 0.1) is 0 Å². The van der Waals surface area contributed by atoms with E-state index >= 15 is 0 Å². The Morgan fingerprint density at radius 3 is 2.83 bits per heavy atom. The van der Waals surface area contributed by atoms with Gasteiger partial charge in [-0.2, -0.15) is 0 Å². The molecule has 3 aromatic rings. The number of hydrogen-bond donors (Lipinski definition) is 1. The average molecular weight is 305 g/mol. The Hall–Kier alpha value is -3.08. The van der Waals surface area contributed by atoms with Gasteiger partial charge in [0.15, 0.2) is 0 Å². The minimum atomic E-state index is -0.281. The van der Waals surface area contributed by atoms with Crippen LogP contribution in [0.15, 0.2) is 71.6 Å². The summed E-state index contributed by atoms with van der Waals surface area (Å²) in [4.78, 5) is 18.9. The van der Waals surface area contributed by atoms with Crippen LogP contribution in [0.5, 0.6) is 0 Å². The third-order valence-corrected chi connectivity index (χ3v) is 3.93. The third kappa shape index (κ3) is 2.46. The molecule has 0 radical (unpaired) electrons. The van der Waals surface area contributed by atoms with Crippen molar-refractivity contribution in [2.75, 3.05) is 5.32 Å². The van der Waals surface area contributed by atoms with Gasteiger partial charge in [-0.05, 0) is 30.3 Å². The first kappa shape index (κ1) is 13.6. The molecule has 0 fully saturated rings. The molecule has 1 amide bonds. The molecule has 2 aromatic heterocycles. The highest BCUT2D eigenvalue weighted by atomic mass is 16.3. The Labute approximate surface area is 133 Å². The van der Waals surface area contributed by atoms with Crippen molar-refractivity contribution in [1.82, 2.24) is 9.88 Å². The Balaban J connectivity index is 1.76. The molecule has 1 N–H and O–H groups in total. The molecule has 1 unspecified atom stereocenters. The summed E-state index contributed by atoms with van der Waals surface area (Å²) in [5, 5.41) is 3.43. The summed E-state index contributed by atoms with van der Waals surface area (Å²) in [5.41, 5.74) is 2.43. The number of para-hydroxylation sites is 1. The van der Waals surface area contributed by atoms with Crippen LogP contribution >= 0.6 is 0 Å². The van der Waals surface area contributed by atoms with Crippen molar-refractivity contribution in [3.8, 4) is 0 Å². The second kappa shape index (κ2) is 5.61. The number of pyridine rings is 1. The molecule has 1 atom stereocenters. The van der Waals surface area contributed by atoms with Crippen LogP contribution in [0.25, 0.3) is 0 Å². The number of fused-ring (bicyclic) bond motifs is 1. The number of aromatic nitrogens is 1. The van der Waals surface area contributed by atoms with Crippen molar-refractivity contribution >= 4 is 11.6 Å². The number of nitrogens with one attached hydrogen (secondary N) is 1. The Bertz CT molecular complexity index is 815. The zero-order valence-corrected chi connectivity index (χ0v) is 12.3. The maximum Gasteiger partial charge on any atom is 0.258 e. The van der Waals surface area contributed by atoms with Gasteiger partial charge in [0.25, 0.3) is 5.91 Å². The van der Waals surface area contributed by atoms with Crippen molar-refractivity contribution in [2.45, 2.75) is 12.7 Å². The molecule has 1 aromatic carbocycles. The number of rotatable bonds is 3. The normalized spacial score (nSPS) is 16.8. The number of carbonyl (C=O) groups excluding carboxylic acids is 1. The molecule has 0 saturated heterocycles. The quantitative estimate of drug-likeness (QED) is 0.805. The lowest BCUT2D eigenvalue weighted by Crippen LogP contribution is -2.42. The van der Waals surface area contributed by atoms with Gasteiger partial charge >= 0.3 is 0 Å². The van der Waals surface area contributed by atoms with Gasteiger partial charge in [0.1, 0.15) is 11.9 Å². The van der Waals surface area contributed by atoms with E-state index < -0.39 is 0 Å². The molecule has 3 heterocycles. The highest BCUT2D eigenvalue weighted by molar-refractivity contribution is 6.01. The van der Waals surface area contributed by atoms with Gasteiger partial charge in [0.2, 0.25) is 0 Å². The van der Waals surface area contributed by atoms with Gasteiger partial charge in [0.05, 0.1) is 18.4 Å². The minimum absolute atomic E-state index is 0.0235. The predicted octanol–water partition coefficient (Wildman–Crippen LogP) is 3.44. The first-order valence-corrected chi connectivity index (χ1v) is 7.42. The first-order valence-electron chi connectivity index (χ1n) is 7.42. The van der Waals surface area contributed by atoms with Crippen molar-refractivity contribution < 1.29 is 9.21 Å². The summed E-state index contributed by atoms with van der Waals surface area (Å²) in [6.07, 6.45) is 4.83. The van der Waals surface area contributed by atoms with E-state index in [2.05, 4.69) is 10.3 Å². The zero-order valence-electron chi connectivity index (χ0n) is 12.3. The summed E-state index contributed by atoms with van der Waals surface area (Å²) in [6.45, 7) is 0.396. The number of nitrogens with zero attached hydrogens (tertiary/aromatic N) is 2. The van der Waals surface area contributed by atoms with E-state index in [0.717, 1.165) is 17.0 Å². The molecule has 5 nitrogen and oxygen atoms in total. The van der Waals surface area contributed by atoms with Crippen LogP contribution in [0.2, 0.25) is 0 Å². The topological polar surface area (TPSA) is 58.4 Å². The fourth-order valence-corrected chi connectivity index (χ4v) is 2.83. The molecular formula is C18H15N3O2. The van der Waals surface area contributed by atoms with Gasteiger partial charge in [-0.1, -0.05) is 18.2 Å². The van der Waals surface area contributed by atoms with Crippen LogP contribution in [-0.4, -0.2) is 15.8 Å². The van der Waals surface area contributed by atoms with Gasteiger partial charge in [0, 0.05) is 23.6 Å². The van der Waals surface area contributed by atoms with Crippen molar-refractivity contribution in [2.24, 2.45) is 0 Å². The molecule has 4 rings (SSSR count). The summed E-state index contributed by atoms with van der Waals surface area (Å²) in [6, 6.07) is 15.1. The summed E-state index contributed by atoms with van der Waals surface area (Å²) < 4.78 is 5.42. The number of carbonyl (C=O) groups is 1. The van der Waals surface area contributed by atoms with Crippen LogP contribution in [0.1, 0.15) is 27.8 Å². The van der Waals surface area contributed by atoms with E-state index in [0.29, 0.717) is 12.1 Å². The minimum Gasteiger partial charge on any atom is -0.467 e. The van der Waals surface area contributed by atoms with E-state index in [1.165, 1.54) is 0 Å². The fourth-order valence-electron chi connectivity index (χ4n) is 2.83. The Kier molecular flexibility index (Phi) is 3.31. The molecule has 0 saturated carbocycles. The Morgan fingerprint density at radius 2 is 2.04 bits per heavy atom. The van der Waals surface area contributed by atoms with Crippen LogP contribution in [-0.2, 0) is 6.54 Å². The number of hydrogen-bond acceptors (Lipinski definition) is 4. The lowest BCUT2D eigenvalue weighted by atomic mass is 10.0. The SMILES string of the molecule is O=C1c2ccccc2NC(c2cccnc2)N1Cc1ccco1. The van der Waals surface area contributed by atoms with Gasteiger partial charge in [-0.3, -0.25) is 9.78 Å². The lowest BCUT2D eigenvalue weighted by molar-refractivity contribution is 0.0651. The predicted molar refractivity (Wildman–Crippen MR) is 85.6 cm³/mol. The van der Waals surface area contributed by atoms with Gasteiger partial charge in [-0.25, -0.2) is 0 Å². The van der Waals surface area contributed by atoms with Crippen LogP contribution in [0.3, 0.4) is 0 Å². The smallest absolute Gasteiger partial charge is 0.258 e. The van der Waals surface area contributed by atoms with Crippen molar-refractivity contribution in [1.29, 1.82) is 0 Å². The second-order valence-electron chi connectivity index (χ2n) is 5.39. The molecule has 5 heteroatoms. The molecular weight excluding hydrogens is 290 g/mol. The molecule has 1 aliphatic heterocycles. The number of furan rings is 1. The second-order valence-corrected chi connectivity index (χ2v) is 5.39. The highest BCUT2D eigenvalue weighted by Gasteiger charge is 2.33. The Morgan fingerprint density at radius 1 is 1.13 bits per heavy atom. The summed E-state index contributed by atoms with van der Waals surface area (Å²) >= 11 is 0. The fraction of sp³-hybridized carbons (Fsp3) is 0.111. The lowest BCUT2D eigenvalue weighted by Gasteiger charge is -2.37. The summed E-state index contributed by atoms with van der Waals surface area (Å²) in [7, 11) is 0. The average Bonchev–Trinajstić information content (AvgIpc) is 3.11. The van der Waals surface area contributed by atoms with E-state index in [1.54, 1.807) is 23.6 Å². The van der Waals surface area contributed by atoms with Crippen molar-refractivity contribution in [3.05, 3.63) is 84.1 Å². The van der Waals surface area contributed by atoms with E-state index in [4.69, 9.17) is 4.42 Å². The summed E-state index contributed by atoms with van der Waals surface area (Å²) in [5.74, 6) is 0.720. The monoisotopic (exact) mass is 305 g/mol. The van der Waals surface area contributed by atoms with E-state index in [-0.39, 0.29) is 12.1 Å². The largest absolute Gasteiger partial charge is 0.467 e. The molecule has 1 aliphatic rings. The third-order valence-electron chi connectivity index (χ3n) is 3.93. The molecule has 0 spiro atoms. The number of benzene rings is 1. The van der Waals surface area contributed by atoms with Crippen LogP contribution < -0.4 is 5.32 Å².